The van der Waals surface area contributed by atoms with Crippen molar-refractivity contribution in [2.75, 3.05) is 24.8 Å². The number of aromatic nitrogens is 5. The molecule has 0 spiro atoms. The molecule has 2 N–H and O–H groups in total. The van der Waals surface area contributed by atoms with E-state index >= 15 is 0 Å². The second kappa shape index (κ2) is 6.45. The van der Waals surface area contributed by atoms with Crippen molar-refractivity contribution in [1.82, 2.24) is 24.7 Å². The molecule has 22 heavy (non-hydrogen) atoms. The highest BCUT2D eigenvalue weighted by Crippen LogP contribution is 2.27. The second-order valence-electron chi connectivity index (χ2n) is 5.08. The summed E-state index contributed by atoms with van der Waals surface area (Å²) < 4.78 is 7.01. The predicted octanol–water partition coefficient (Wildman–Crippen LogP) is 1.34. The van der Waals surface area contributed by atoms with E-state index in [1.54, 1.807) is 14.2 Å². The van der Waals surface area contributed by atoms with Gasteiger partial charge in [-0.1, -0.05) is 11.6 Å². The van der Waals surface area contributed by atoms with Crippen LogP contribution in [0.5, 0.6) is 0 Å². The van der Waals surface area contributed by atoms with E-state index in [0.717, 1.165) is 31.0 Å². The van der Waals surface area contributed by atoms with Crippen LogP contribution in [0.15, 0.2) is 6.33 Å². The van der Waals surface area contributed by atoms with Crippen LogP contribution in [-0.2, 0) is 24.3 Å². The fourth-order valence-corrected chi connectivity index (χ4v) is 2.78. The van der Waals surface area contributed by atoms with Crippen LogP contribution in [0.4, 0.5) is 11.5 Å². The van der Waals surface area contributed by atoms with E-state index < -0.39 is 0 Å². The van der Waals surface area contributed by atoms with Crippen molar-refractivity contribution in [2.45, 2.75) is 32.0 Å². The Hall–Kier alpha value is -1.93. The quantitative estimate of drug-likeness (QED) is 0.802. The standard InChI is InChI=1S/C13H18ClN7O/c1-15-11-12(14)16-7-17-13(11)18-8-3-4-10-19-9(6-22-2)20-21(10)5-8/h7-8,15H,3-6H2,1-2H3,(H,16,17,18). The number of aryl methyl sites for hydroxylation is 1. The SMILES string of the molecule is CNc1c(Cl)ncnc1NC1CCc2nc(COC)nn2C1. The van der Waals surface area contributed by atoms with E-state index in [-0.39, 0.29) is 6.04 Å². The molecule has 3 rings (SSSR count). The van der Waals surface area contributed by atoms with Crippen molar-refractivity contribution >= 4 is 23.1 Å². The summed E-state index contributed by atoms with van der Waals surface area (Å²) in [4.78, 5) is 12.7. The Morgan fingerprint density at radius 3 is 3.09 bits per heavy atom. The third kappa shape index (κ3) is 2.97. The number of fused-ring (bicyclic) bond motifs is 1. The molecule has 9 heteroatoms. The van der Waals surface area contributed by atoms with E-state index in [9.17, 15) is 0 Å². The van der Waals surface area contributed by atoms with Crippen LogP contribution in [0.1, 0.15) is 18.1 Å². The lowest BCUT2D eigenvalue weighted by atomic mass is 10.1. The summed E-state index contributed by atoms with van der Waals surface area (Å²) in [5.41, 5.74) is 0.702. The molecule has 0 radical (unpaired) electrons. The first kappa shape index (κ1) is 15.0. The highest BCUT2D eigenvalue weighted by Gasteiger charge is 2.23. The van der Waals surface area contributed by atoms with Gasteiger partial charge in [-0.25, -0.2) is 19.6 Å². The maximum atomic E-state index is 6.07. The second-order valence-corrected chi connectivity index (χ2v) is 5.44. The van der Waals surface area contributed by atoms with Gasteiger partial charge in [0.25, 0.3) is 0 Å². The highest BCUT2D eigenvalue weighted by molar-refractivity contribution is 6.32. The smallest absolute Gasteiger partial charge is 0.176 e. The van der Waals surface area contributed by atoms with E-state index in [1.165, 1.54) is 6.33 Å². The third-order valence-corrected chi connectivity index (χ3v) is 3.85. The summed E-state index contributed by atoms with van der Waals surface area (Å²) in [5.74, 6) is 2.42. The molecule has 1 aliphatic heterocycles. The van der Waals surface area contributed by atoms with Crippen LogP contribution >= 0.6 is 11.6 Å². The van der Waals surface area contributed by atoms with Crippen molar-refractivity contribution in [2.24, 2.45) is 0 Å². The van der Waals surface area contributed by atoms with E-state index in [0.29, 0.717) is 23.3 Å². The fraction of sp³-hybridized carbons (Fsp3) is 0.538. The van der Waals surface area contributed by atoms with Gasteiger partial charge in [0.2, 0.25) is 0 Å². The van der Waals surface area contributed by atoms with Gasteiger partial charge in [0.1, 0.15) is 24.4 Å². The van der Waals surface area contributed by atoms with Crippen LogP contribution in [-0.4, -0.2) is 44.9 Å². The average molecular weight is 324 g/mol. The first-order valence-electron chi connectivity index (χ1n) is 7.07. The normalized spacial score (nSPS) is 17.1. The predicted molar refractivity (Wildman–Crippen MR) is 83.1 cm³/mol. The number of rotatable bonds is 5. The van der Waals surface area contributed by atoms with Crippen LogP contribution < -0.4 is 10.6 Å². The Morgan fingerprint density at radius 1 is 1.45 bits per heavy atom. The molecule has 0 bridgehead atoms. The summed E-state index contributed by atoms with van der Waals surface area (Å²) in [7, 11) is 3.44. The Balaban J connectivity index is 1.74. The lowest BCUT2D eigenvalue weighted by Gasteiger charge is -2.24. The average Bonchev–Trinajstić information content (AvgIpc) is 2.89. The lowest BCUT2D eigenvalue weighted by molar-refractivity contribution is 0.177. The maximum absolute atomic E-state index is 6.07. The minimum Gasteiger partial charge on any atom is -0.383 e. The van der Waals surface area contributed by atoms with Gasteiger partial charge in [-0.3, -0.25) is 0 Å². The molecule has 2 aromatic heterocycles. The van der Waals surface area contributed by atoms with Crippen LogP contribution in [0.25, 0.3) is 0 Å². The summed E-state index contributed by atoms with van der Waals surface area (Å²) in [5, 5.41) is 11.3. The number of hydrogen-bond donors (Lipinski definition) is 2. The topological polar surface area (TPSA) is 89.8 Å². The molecular formula is C13H18ClN7O. The number of anilines is 2. The van der Waals surface area contributed by atoms with Gasteiger partial charge in [0.05, 0.1) is 6.54 Å². The molecule has 118 valence electrons. The van der Waals surface area contributed by atoms with Crippen LogP contribution in [0.3, 0.4) is 0 Å². The third-order valence-electron chi connectivity index (χ3n) is 3.57. The monoisotopic (exact) mass is 323 g/mol. The molecule has 0 saturated heterocycles. The molecule has 3 heterocycles. The first-order valence-corrected chi connectivity index (χ1v) is 7.45. The maximum Gasteiger partial charge on any atom is 0.176 e. The number of ether oxygens (including phenoxy) is 1. The molecule has 0 aliphatic carbocycles. The van der Waals surface area contributed by atoms with E-state index in [1.807, 2.05) is 4.68 Å². The van der Waals surface area contributed by atoms with Gasteiger partial charge in [0, 0.05) is 26.6 Å². The van der Waals surface area contributed by atoms with Gasteiger partial charge < -0.3 is 15.4 Å². The molecule has 8 nitrogen and oxygen atoms in total. The van der Waals surface area contributed by atoms with Crippen molar-refractivity contribution < 1.29 is 4.74 Å². The highest BCUT2D eigenvalue weighted by atomic mass is 35.5. The van der Waals surface area contributed by atoms with Gasteiger partial charge >= 0.3 is 0 Å². The largest absolute Gasteiger partial charge is 0.383 e. The number of halogens is 1. The van der Waals surface area contributed by atoms with Crippen molar-refractivity contribution in [1.29, 1.82) is 0 Å². The fourth-order valence-electron chi connectivity index (χ4n) is 2.56. The number of hydrogen-bond acceptors (Lipinski definition) is 7. The van der Waals surface area contributed by atoms with Gasteiger partial charge in [-0.2, -0.15) is 5.10 Å². The Morgan fingerprint density at radius 2 is 2.32 bits per heavy atom. The van der Waals surface area contributed by atoms with Crippen molar-refractivity contribution in [3.05, 3.63) is 23.1 Å². The summed E-state index contributed by atoms with van der Waals surface area (Å²) in [6.45, 7) is 1.17. The number of methoxy groups -OCH3 is 1. The summed E-state index contributed by atoms with van der Waals surface area (Å²) >= 11 is 6.07. The Kier molecular flexibility index (Phi) is 4.39. The molecule has 0 amide bonds. The molecule has 1 atom stereocenters. The first-order chi connectivity index (χ1) is 10.7. The minimum absolute atomic E-state index is 0.211. The van der Waals surface area contributed by atoms with Gasteiger partial charge in [-0.15, -0.1) is 0 Å². The zero-order chi connectivity index (χ0) is 15.5. The van der Waals surface area contributed by atoms with Crippen molar-refractivity contribution in [3.63, 3.8) is 0 Å². The lowest BCUT2D eigenvalue weighted by Crippen LogP contribution is -2.32. The van der Waals surface area contributed by atoms with Crippen molar-refractivity contribution in [3.8, 4) is 0 Å². The van der Waals surface area contributed by atoms with Crippen LogP contribution in [0.2, 0.25) is 5.15 Å². The number of nitrogens with zero attached hydrogens (tertiary/aromatic N) is 5. The molecular weight excluding hydrogens is 306 g/mol. The summed E-state index contributed by atoms with van der Waals surface area (Å²) in [6, 6.07) is 0.211. The molecule has 0 aromatic carbocycles. The molecule has 0 fully saturated rings. The zero-order valence-electron chi connectivity index (χ0n) is 12.5. The Labute approximate surface area is 133 Å². The van der Waals surface area contributed by atoms with E-state index in [2.05, 4.69) is 30.7 Å². The molecule has 2 aromatic rings. The molecule has 0 saturated carbocycles. The molecule has 1 aliphatic rings. The van der Waals surface area contributed by atoms with E-state index in [4.69, 9.17) is 16.3 Å². The number of nitrogens with one attached hydrogen (secondary N) is 2. The zero-order valence-corrected chi connectivity index (χ0v) is 13.3. The molecule has 1 unspecified atom stereocenters. The van der Waals surface area contributed by atoms with Gasteiger partial charge in [0.15, 0.2) is 16.8 Å². The summed E-state index contributed by atoms with van der Waals surface area (Å²) in [6.07, 6.45) is 3.27. The Bertz CT molecular complexity index is 660. The van der Waals surface area contributed by atoms with Gasteiger partial charge in [-0.05, 0) is 6.42 Å². The minimum atomic E-state index is 0.211. The van der Waals surface area contributed by atoms with Crippen LogP contribution in [0, 0.1) is 0 Å².